The van der Waals surface area contributed by atoms with Gasteiger partial charge in [-0.05, 0) is 13.0 Å². The van der Waals surface area contributed by atoms with Crippen molar-refractivity contribution in [3.8, 4) is 0 Å². The summed E-state index contributed by atoms with van der Waals surface area (Å²) in [6, 6.07) is 1.21. The quantitative estimate of drug-likeness (QED) is 0.715. The van der Waals surface area contributed by atoms with E-state index in [1.165, 1.54) is 6.07 Å². The van der Waals surface area contributed by atoms with Gasteiger partial charge < -0.3 is 0 Å². The molecular weight excluding hydrogens is 274 g/mol. The number of hydrazone groups is 1. The molecule has 0 aliphatic carbocycles. The van der Waals surface area contributed by atoms with Crippen LogP contribution >= 0.6 is 11.3 Å². The average Bonchev–Trinajstić information content (AvgIpc) is 2.57. The maximum Gasteiger partial charge on any atom is 0.286 e. The van der Waals surface area contributed by atoms with Crippen molar-refractivity contribution < 1.29 is 16.8 Å². The molecule has 88 valence electrons. The maximum absolute atomic E-state index is 11.5. The molecule has 1 aromatic rings. The van der Waals surface area contributed by atoms with Gasteiger partial charge in [0.25, 0.3) is 10.0 Å². The molecule has 0 fully saturated rings. The van der Waals surface area contributed by atoms with Crippen LogP contribution in [-0.2, 0) is 20.0 Å². The number of thiophene rings is 1. The molecule has 0 aromatic carbocycles. The first-order valence-electron chi connectivity index (χ1n) is 3.95. The molecule has 0 saturated carbocycles. The van der Waals surface area contributed by atoms with Gasteiger partial charge in [0.05, 0.1) is 5.71 Å². The van der Waals surface area contributed by atoms with E-state index in [0.29, 0.717) is 17.0 Å². The topological polar surface area (TPSA) is 119 Å². The van der Waals surface area contributed by atoms with Crippen molar-refractivity contribution in [1.82, 2.24) is 4.83 Å². The largest absolute Gasteiger partial charge is 0.286 e. The number of fused-ring (bicyclic) bond motifs is 1. The zero-order valence-corrected chi connectivity index (χ0v) is 10.4. The molecule has 0 saturated heterocycles. The average molecular weight is 281 g/mol. The smallest absolute Gasteiger partial charge is 0.224 e. The fourth-order valence-corrected chi connectivity index (χ4v) is 4.66. The number of nitrogens with one attached hydrogen (secondary N) is 1. The van der Waals surface area contributed by atoms with E-state index in [1.807, 2.05) is 4.83 Å². The van der Waals surface area contributed by atoms with Crippen molar-refractivity contribution in [2.75, 3.05) is 0 Å². The lowest BCUT2D eigenvalue weighted by molar-refractivity contribution is 0.585. The third kappa shape index (κ3) is 1.73. The summed E-state index contributed by atoms with van der Waals surface area (Å²) in [6.45, 7) is 1.57. The normalized spacial score (nSPS) is 18.5. The number of primary sulfonamides is 1. The van der Waals surface area contributed by atoms with Gasteiger partial charge in [-0.1, -0.05) is 0 Å². The van der Waals surface area contributed by atoms with E-state index in [9.17, 15) is 16.8 Å². The van der Waals surface area contributed by atoms with Gasteiger partial charge in [-0.2, -0.15) is 18.4 Å². The Hall–Kier alpha value is -0.970. The second kappa shape index (κ2) is 3.26. The number of hydrogen-bond donors (Lipinski definition) is 2. The van der Waals surface area contributed by atoms with E-state index in [0.717, 1.165) is 0 Å². The summed E-state index contributed by atoms with van der Waals surface area (Å²) in [7, 11) is -7.65. The van der Waals surface area contributed by atoms with Crippen molar-refractivity contribution in [2.24, 2.45) is 10.2 Å². The molecule has 7 nitrogen and oxygen atoms in total. The summed E-state index contributed by atoms with van der Waals surface area (Å²) in [5.74, 6) is 0. The number of rotatable bonds is 1. The number of nitrogens with zero attached hydrogens (tertiary/aromatic N) is 1. The summed E-state index contributed by atoms with van der Waals surface area (Å²) in [6.07, 6.45) is 0. The van der Waals surface area contributed by atoms with Crippen LogP contribution in [-0.4, -0.2) is 22.5 Å². The molecule has 0 bridgehead atoms. The Kier molecular flexibility index (Phi) is 2.35. The summed E-state index contributed by atoms with van der Waals surface area (Å²) in [4.78, 5) is 1.96. The second-order valence-corrected chi connectivity index (χ2v) is 7.80. The molecule has 0 spiro atoms. The molecule has 0 radical (unpaired) electrons. The molecule has 1 aromatic heterocycles. The second-order valence-electron chi connectivity index (χ2n) is 3.10. The molecule has 0 unspecified atom stereocenters. The third-order valence-corrected chi connectivity index (χ3v) is 6.22. The lowest BCUT2D eigenvalue weighted by atomic mass is 10.2. The van der Waals surface area contributed by atoms with Crippen LogP contribution in [0, 0.1) is 0 Å². The first-order chi connectivity index (χ1) is 7.22. The van der Waals surface area contributed by atoms with Crippen LogP contribution in [0.2, 0.25) is 0 Å². The molecule has 2 rings (SSSR count). The highest BCUT2D eigenvalue weighted by atomic mass is 32.3. The Labute approximate surface area is 96.1 Å². The molecule has 2 heterocycles. The van der Waals surface area contributed by atoms with Gasteiger partial charge in [0.2, 0.25) is 10.0 Å². The fourth-order valence-electron chi connectivity index (χ4n) is 1.17. The third-order valence-electron chi connectivity index (χ3n) is 1.92. The van der Waals surface area contributed by atoms with Crippen molar-refractivity contribution in [3.63, 3.8) is 0 Å². The Morgan fingerprint density at radius 1 is 1.50 bits per heavy atom. The summed E-state index contributed by atoms with van der Waals surface area (Å²) in [5, 5.41) is 8.50. The van der Waals surface area contributed by atoms with Crippen LogP contribution in [0.3, 0.4) is 0 Å². The van der Waals surface area contributed by atoms with Crippen LogP contribution in [0.25, 0.3) is 0 Å². The zero-order valence-electron chi connectivity index (χ0n) is 7.96. The highest BCUT2D eigenvalue weighted by molar-refractivity contribution is 7.94. The van der Waals surface area contributed by atoms with Crippen molar-refractivity contribution in [2.45, 2.75) is 15.3 Å². The summed E-state index contributed by atoms with van der Waals surface area (Å²) in [5.41, 5.74) is 0.670. The molecule has 0 atom stereocenters. The van der Waals surface area contributed by atoms with Crippen molar-refractivity contribution in [1.29, 1.82) is 0 Å². The molecule has 16 heavy (non-hydrogen) atoms. The Morgan fingerprint density at radius 2 is 2.12 bits per heavy atom. The molecule has 1 aliphatic rings. The number of nitrogens with two attached hydrogens (primary N) is 1. The SMILES string of the molecule is CC1=NNS(=O)(=O)c2sc(S(N)(=O)=O)cc21. The van der Waals surface area contributed by atoms with Crippen LogP contribution < -0.4 is 9.97 Å². The molecule has 3 N–H and O–H groups in total. The van der Waals surface area contributed by atoms with Gasteiger partial charge in [-0.3, -0.25) is 0 Å². The van der Waals surface area contributed by atoms with Gasteiger partial charge in [-0.25, -0.2) is 13.6 Å². The Bertz CT molecular complexity index is 683. The zero-order chi connectivity index (χ0) is 12.1. The summed E-state index contributed by atoms with van der Waals surface area (Å²) >= 11 is 0.609. The predicted molar refractivity (Wildman–Crippen MR) is 58.2 cm³/mol. The molecule has 0 amide bonds. The number of hydrogen-bond acceptors (Lipinski definition) is 6. The van der Waals surface area contributed by atoms with Gasteiger partial charge in [-0.15, -0.1) is 11.3 Å². The van der Waals surface area contributed by atoms with E-state index >= 15 is 0 Å². The minimum atomic E-state index is -3.90. The lowest BCUT2D eigenvalue weighted by Gasteiger charge is -2.10. The van der Waals surface area contributed by atoms with Gasteiger partial charge >= 0.3 is 0 Å². The standard InChI is InChI=1S/C6H7N3O4S3/c1-3-4-2-5(15(7,10)11)14-6(4)16(12,13)9-8-3/h2,9H,1H3,(H2,7,10,11). The van der Waals surface area contributed by atoms with E-state index in [1.54, 1.807) is 6.92 Å². The highest BCUT2D eigenvalue weighted by Crippen LogP contribution is 2.31. The molecule has 1 aliphatic heterocycles. The van der Waals surface area contributed by atoms with Gasteiger partial charge in [0.15, 0.2) is 4.21 Å². The van der Waals surface area contributed by atoms with Crippen LogP contribution in [0.1, 0.15) is 12.5 Å². The minimum Gasteiger partial charge on any atom is -0.224 e. The predicted octanol–water partition coefficient (Wildman–Crippen LogP) is -0.589. The van der Waals surface area contributed by atoms with E-state index in [4.69, 9.17) is 5.14 Å². The molecular formula is C6H7N3O4S3. The van der Waals surface area contributed by atoms with Gasteiger partial charge in [0, 0.05) is 5.56 Å². The van der Waals surface area contributed by atoms with E-state index in [2.05, 4.69) is 5.10 Å². The number of sulfonamides is 2. The first kappa shape index (κ1) is 11.5. The van der Waals surface area contributed by atoms with Gasteiger partial charge in [0.1, 0.15) is 4.21 Å². The first-order valence-corrected chi connectivity index (χ1v) is 7.79. The summed E-state index contributed by atoms with van der Waals surface area (Å²) < 4.78 is 45.0. The van der Waals surface area contributed by atoms with Crippen LogP contribution in [0.4, 0.5) is 0 Å². The fraction of sp³-hybridized carbons (Fsp3) is 0.167. The van der Waals surface area contributed by atoms with Crippen molar-refractivity contribution >= 4 is 37.1 Å². The van der Waals surface area contributed by atoms with E-state index < -0.39 is 20.0 Å². The monoisotopic (exact) mass is 281 g/mol. The van der Waals surface area contributed by atoms with E-state index in [-0.39, 0.29) is 14.0 Å². The Morgan fingerprint density at radius 3 is 2.62 bits per heavy atom. The Balaban J connectivity index is 2.78. The highest BCUT2D eigenvalue weighted by Gasteiger charge is 2.29. The van der Waals surface area contributed by atoms with Crippen LogP contribution in [0.15, 0.2) is 19.6 Å². The minimum absolute atomic E-state index is 0.0796. The maximum atomic E-state index is 11.5. The lowest BCUT2D eigenvalue weighted by Crippen LogP contribution is -2.24. The van der Waals surface area contributed by atoms with Crippen molar-refractivity contribution in [3.05, 3.63) is 11.6 Å². The molecule has 10 heteroatoms. The van der Waals surface area contributed by atoms with Crippen LogP contribution in [0.5, 0.6) is 0 Å².